The number of nitrogens with two attached hydrogens (primary N) is 1. The summed E-state index contributed by atoms with van der Waals surface area (Å²) in [5, 5.41) is 2.94. The number of carbonyl (C=O) groups is 1. The third-order valence-electron chi connectivity index (χ3n) is 3.57. The molecule has 1 saturated carbocycles. The Labute approximate surface area is 121 Å². The van der Waals surface area contributed by atoms with Crippen LogP contribution in [0.1, 0.15) is 32.3 Å². The van der Waals surface area contributed by atoms with Crippen molar-refractivity contribution in [2.75, 3.05) is 24.1 Å². The summed E-state index contributed by atoms with van der Waals surface area (Å²) in [6, 6.07) is 6.24. The van der Waals surface area contributed by atoms with Gasteiger partial charge in [0.1, 0.15) is 0 Å². The number of anilines is 2. The molecule has 110 valence electrons. The van der Waals surface area contributed by atoms with E-state index in [9.17, 15) is 4.79 Å². The Morgan fingerprint density at radius 1 is 1.45 bits per heavy atom. The third kappa shape index (κ3) is 4.23. The molecule has 1 aromatic rings. The van der Waals surface area contributed by atoms with Crippen molar-refractivity contribution in [1.82, 2.24) is 4.90 Å². The number of benzene rings is 1. The van der Waals surface area contributed by atoms with Crippen LogP contribution in [0.5, 0.6) is 0 Å². The minimum Gasteiger partial charge on any atom is -0.398 e. The lowest BCUT2D eigenvalue weighted by Crippen LogP contribution is -2.37. The first-order chi connectivity index (χ1) is 9.45. The van der Waals surface area contributed by atoms with Gasteiger partial charge in [0.25, 0.3) is 0 Å². The molecule has 1 aliphatic carbocycles. The fourth-order valence-corrected chi connectivity index (χ4v) is 2.35. The minimum atomic E-state index is 0.0424. The van der Waals surface area contributed by atoms with Crippen molar-refractivity contribution in [2.24, 2.45) is 5.92 Å². The van der Waals surface area contributed by atoms with Crippen molar-refractivity contribution >= 4 is 17.3 Å². The first-order valence-corrected chi connectivity index (χ1v) is 7.35. The maximum absolute atomic E-state index is 12.1. The van der Waals surface area contributed by atoms with Crippen LogP contribution in [-0.2, 0) is 4.79 Å². The summed E-state index contributed by atoms with van der Waals surface area (Å²) >= 11 is 0. The van der Waals surface area contributed by atoms with E-state index in [1.807, 2.05) is 25.1 Å². The second-order valence-electron chi connectivity index (χ2n) is 6.17. The van der Waals surface area contributed by atoms with Crippen molar-refractivity contribution in [3.05, 3.63) is 23.8 Å². The molecule has 0 saturated heterocycles. The zero-order valence-electron chi connectivity index (χ0n) is 12.6. The number of nitrogen functional groups attached to an aromatic ring is 1. The number of rotatable bonds is 6. The van der Waals surface area contributed by atoms with Crippen LogP contribution in [0.4, 0.5) is 11.4 Å². The van der Waals surface area contributed by atoms with Gasteiger partial charge in [-0.3, -0.25) is 9.69 Å². The van der Waals surface area contributed by atoms with Crippen LogP contribution in [-0.4, -0.2) is 29.9 Å². The summed E-state index contributed by atoms with van der Waals surface area (Å²) in [5.74, 6) is 0.624. The van der Waals surface area contributed by atoms with Gasteiger partial charge in [-0.25, -0.2) is 0 Å². The Bertz CT molecular complexity index is 481. The Morgan fingerprint density at radius 3 is 2.70 bits per heavy atom. The molecule has 1 amide bonds. The summed E-state index contributed by atoms with van der Waals surface area (Å²) < 4.78 is 0. The van der Waals surface area contributed by atoms with Crippen LogP contribution in [0, 0.1) is 12.8 Å². The maximum atomic E-state index is 12.1. The van der Waals surface area contributed by atoms with Crippen LogP contribution in [0.15, 0.2) is 18.2 Å². The average molecular weight is 275 g/mol. The highest BCUT2D eigenvalue weighted by atomic mass is 16.2. The van der Waals surface area contributed by atoms with Gasteiger partial charge in [0.2, 0.25) is 5.91 Å². The minimum absolute atomic E-state index is 0.0424. The molecule has 0 atom stereocenters. The van der Waals surface area contributed by atoms with Gasteiger partial charge in [0, 0.05) is 24.0 Å². The molecule has 2 rings (SSSR count). The molecule has 4 heteroatoms. The fraction of sp³-hybridized carbons (Fsp3) is 0.562. The number of aryl methyl sites for hydroxylation is 1. The monoisotopic (exact) mass is 275 g/mol. The molecule has 0 aliphatic heterocycles. The molecule has 4 nitrogen and oxygen atoms in total. The SMILES string of the molecule is Cc1ccc(NC(=O)CN(CC(C)C)C2CC2)cc1N. The quantitative estimate of drug-likeness (QED) is 0.785. The van der Waals surface area contributed by atoms with Gasteiger partial charge in [-0.15, -0.1) is 0 Å². The normalized spacial score (nSPS) is 14.8. The number of hydrogen-bond acceptors (Lipinski definition) is 3. The van der Waals surface area contributed by atoms with Gasteiger partial charge in [-0.2, -0.15) is 0 Å². The zero-order chi connectivity index (χ0) is 14.7. The Balaban J connectivity index is 1.91. The molecular formula is C16H25N3O. The first-order valence-electron chi connectivity index (χ1n) is 7.35. The molecule has 3 N–H and O–H groups in total. The van der Waals surface area contributed by atoms with Gasteiger partial charge in [0.05, 0.1) is 6.54 Å². The third-order valence-corrected chi connectivity index (χ3v) is 3.57. The number of hydrogen-bond donors (Lipinski definition) is 2. The number of nitrogens with zero attached hydrogens (tertiary/aromatic N) is 1. The van der Waals surface area contributed by atoms with E-state index >= 15 is 0 Å². The number of nitrogens with one attached hydrogen (secondary N) is 1. The topological polar surface area (TPSA) is 58.4 Å². The maximum Gasteiger partial charge on any atom is 0.238 e. The lowest BCUT2D eigenvalue weighted by atomic mass is 10.2. The fourth-order valence-electron chi connectivity index (χ4n) is 2.35. The van der Waals surface area contributed by atoms with Crippen LogP contribution >= 0.6 is 0 Å². The van der Waals surface area contributed by atoms with Gasteiger partial charge in [-0.05, 0) is 43.4 Å². The number of carbonyl (C=O) groups excluding carboxylic acids is 1. The van der Waals surface area contributed by atoms with Crippen molar-refractivity contribution in [1.29, 1.82) is 0 Å². The van der Waals surface area contributed by atoms with Crippen LogP contribution < -0.4 is 11.1 Å². The van der Waals surface area contributed by atoms with Gasteiger partial charge < -0.3 is 11.1 Å². The summed E-state index contributed by atoms with van der Waals surface area (Å²) in [5.41, 5.74) is 8.38. The summed E-state index contributed by atoms with van der Waals surface area (Å²) in [6.07, 6.45) is 2.44. The molecule has 0 bridgehead atoms. The van der Waals surface area contributed by atoms with Crippen molar-refractivity contribution in [3.63, 3.8) is 0 Å². The van der Waals surface area contributed by atoms with E-state index in [0.717, 1.165) is 17.8 Å². The second-order valence-corrected chi connectivity index (χ2v) is 6.17. The molecule has 0 radical (unpaired) electrons. The Morgan fingerprint density at radius 2 is 2.15 bits per heavy atom. The molecule has 0 heterocycles. The van der Waals surface area contributed by atoms with Crippen molar-refractivity contribution in [2.45, 2.75) is 39.7 Å². The van der Waals surface area contributed by atoms with Gasteiger partial charge in [0.15, 0.2) is 0 Å². The van der Waals surface area contributed by atoms with Crippen LogP contribution in [0.2, 0.25) is 0 Å². The van der Waals surface area contributed by atoms with E-state index in [1.54, 1.807) is 0 Å². The standard InChI is InChI=1S/C16H25N3O/c1-11(2)9-19(14-6-7-14)10-16(20)18-13-5-4-12(3)15(17)8-13/h4-5,8,11,14H,6-7,9-10,17H2,1-3H3,(H,18,20). The lowest BCUT2D eigenvalue weighted by molar-refractivity contribution is -0.117. The Kier molecular flexibility index (Phi) is 4.65. The van der Waals surface area contributed by atoms with Gasteiger partial charge in [-0.1, -0.05) is 19.9 Å². The molecule has 1 aliphatic rings. The van der Waals surface area contributed by atoms with E-state index in [4.69, 9.17) is 5.73 Å². The second kappa shape index (κ2) is 6.27. The first kappa shape index (κ1) is 14.9. The highest BCUT2D eigenvalue weighted by Gasteiger charge is 2.30. The van der Waals surface area contributed by atoms with E-state index in [0.29, 0.717) is 24.2 Å². The van der Waals surface area contributed by atoms with E-state index in [2.05, 4.69) is 24.1 Å². The highest BCUT2D eigenvalue weighted by Crippen LogP contribution is 2.27. The average Bonchev–Trinajstić information content (AvgIpc) is 3.16. The molecule has 1 aromatic carbocycles. The summed E-state index contributed by atoms with van der Waals surface area (Å²) in [6.45, 7) is 7.78. The summed E-state index contributed by atoms with van der Waals surface area (Å²) in [4.78, 5) is 14.4. The molecule has 1 fully saturated rings. The van der Waals surface area contributed by atoms with Crippen LogP contribution in [0.25, 0.3) is 0 Å². The van der Waals surface area contributed by atoms with E-state index < -0.39 is 0 Å². The highest BCUT2D eigenvalue weighted by molar-refractivity contribution is 5.92. The molecule has 0 aromatic heterocycles. The van der Waals surface area contributed by atoms with E-state index in [1.165, 1.54) is 12.8 Å². The van der Waals surface area contributed by atoms with Crippen molar-refractivity contribution in [3.8, 4) is 0 Å². The molecule has 0 spiro atoms. The van der Waals surface area contributed by atoms with E-state index in [-0.39, 0.29) is 5.91 Å². The predicted octanol–water partition coefficient (Wildman–Crippen LogP) is 2.64. The lowest BCUT2D eigenvalue weighted by Gasteiger charge is -2.23. The smallest absolute Gasteiger partial charge is 0.238 e. The Hall–Kier alpha value is -1.55. The van der Waals surface area contributed by atoms with Crippen LogP contribution in [0.3, 0.4) is 0 Å². The van der Waals surface area contributed by atoms with Crippen molar-refractivity contribution < 1.29 is 4.79 Å². The van der Waals surface area contributed by atoms with Gasteiger partial charge >= 0.3 is 0 Å². The molecular weight excluding hydrogens is 250 g/mol. The zero-order valence-corrected chi connectivity index (χ0v) is 12.6. The summed E-state index contributed by atoms with van der Waals surface area (Å²) in [7, 11) is 0. The molecule has 0 unspecified atom stereocenters. The largest absolute Gasteiger partial charge is 0.398 e. The predicted molar refractivity (Wildman–Crippen MR) is 83.7 cm³/mol. The molecule has 20 heavy (non-hydrogen) atoms. The number of amides is 1.